The van der Waals surface area contributed by atoms with E-state index in [1.807, 2.05) is 18.3 Å². The molecule has 21 heavy (non-hydrogen) atoms. The second-order valence-electron chi connectivity index (χ2n) is 5.59. The number of hydrogen-bond acceptors (Lipinski definition) is 3. The van der Waals surface area contributed by atoms with E-state index in [1.165, 1.54) is 17.7 Å². The van der Waals surface area contributed by atoms with Crippen molar-refractivity contribution in [2.24, 2.45) is 5.92 Å². The van der Waals surface area contributed by atoms with Crippen LogP contribution >= 0.6 is 15.9 Å². The van der Waals surface area contributed by atoms with Crippen LogP contribution in [0.25, 0.3) is 11.4 Å². The Kier molecular flexibility index (Phi) is 4.66. The van der Waals surface area contributed by atoms with Crippen LogP contribution in [0, 0.1) is 5.92 Å². The Labute approximate surface area is 134 Å². The van der Waals surface area contributed by atoms with Gasteiger partial charge in [0.15, 0.2) is 5.82 Å². The predicted molar refractivity (Wildman–Crippen MR) is 89.2 cm³/mol. The van der Waals surface area contributed by atoms with Crippen LogP contribution in [-0.2, 0) is 12.8 Å². The first-order valence-corrected chi connectivity index (χ1v) is 8.37. The number of rotatable bonds is 4. The second kappa shape index (κ2) is 6.67. The molecule has 0 spiro atoms. The highest BCUT2D eigenvalue weighted by Gasteiger charge is 2.20. The maximum absolute atomic E-state index is 4.78. The normalized spacial score (nSPS) is 17.5. The van der Waals surface area contributed by atoms with Gasteiger partial charge in [-0.25, -0.2) is 9.97 Å². The molecule has 0 saturated carbocycles. The van der Waals surface area contributed by atoms with Gasteiger partial charge < -0.3 is 5.32 Å². The van der Waals surface area contributed by atoms with Gasteiger partial charge in [-0.3, -0.25) is 0 Å². The molecule has 1 aromatic heterocycles. The van der Waals surface area contributed by atoms with Gasteiger partial charge in [0.05, 0.1) is 0 Å². The van der Waals surface area contributed by atoms with E-state index >= 15 is 0 Å². The Bertz CT molecular complexity index is 610. The number of nitrogens with one attached hydrogen (secondary N) is 1. The number of aryl methyl sites for hydroxylation is 1. The monoisotopic (exact) mass is 345 g/mol. The fourth-order valence-electron chi connectivity index (χ4n) is 2.84. The van der Waals surface area contributed by atoms with E-state index in [0.717, 1.165) is 47.7 Å². The molecule has 0 amide bonds. The summed E-state index contributed by atoms with van der Waals surface area (Å²) >= 11 is 3.46. The lowest BCUT2D eigenvalue weighted by atomic mass is 9.87. The van der Waals surface area contributed by atoms with E-state index in [0.29, 0.717) is 0 Å². The Hall–Kier alpha value is -1.26. The highest BCUT2D eigenvalue weighted by Crippen LogP contribution is 2.26. The maximum Gasteiger partial charge on any atom is 0.159 e. The molecule has 2 aromatic rings. The van der Waals surface area contributed by atoms with Gasteiger partial charge in [0.2, 0.25) is 0 Å². The standard InChI is InChI=1S/C17H20BrN3/c1-2-19-10-12-3-8-16-14(9-12)11-20-17(21-16)13-4-6-15(18)7-5-13/h4-7,11-12,19H,2-3,8-10H2,1H3. The van der Waals surface area contributed by atoms with Crippen LogP contribution in [0.1, 0.15) is 24.6 Å². The van der Waals surface area contributed by atoms with Crippen LogP contribution in [0.4, 0.5) is 0 Å². The summed E-state index contributed by atoms with van der Waals surface area (Å²) in [4.78, 5) is 9.34. The number of nitrogens with zero attached hydrogens (tertiary/aromatic N) is 2. The minimum absolute atomic E-state index is 0.722. The highest BCUT2D eigenvalue weighted by molar-refractivity contribution is 9.10. The molecule has 110 valence electrons. The van der Waals surface area contributed by atoms with Gasteiger partial charge in [0.25, 0.3) is 0 Å². The van der Waals surface area contributed by atoms with E-state index in [2.05, 4.69) is 45.3 Å². The number of hydrogen-bond donors (Lipinski definition) is 1. The van der Waals surface area contributed by atoms with Crippen molar-refractivity contribution >= 4 is 15.9 Å². The molecule has 0 saturated heterocycles. The predicted octanol–water partition coefficient (Wildman–Crippen LogP) is 3.62. The molecular formula is C17H20BrN3. The van der Waals surface area contributed by atoms with Crippen molar-refractivity contribution in [3.05, 3.63) is 46.2 Å². The van der Waals surface area contributed by atoms with Crippen molar-refractivity contribution < 1.29 is 0 Å². The Morgan fingerprint density at radius 3 is 2.86 bits per heavy atom. The van der Waals surface area contributed by atoms with Crippen LogP contribution < -0.4 is 5.32 Å². The summed E-state index contributed by atoms with van der Waals surface area (Å²) in [7, 11) is 0. The van der Waals surface area contributed by atoms with Gasteiger partial charge >= 0.3 is 0 Å². The molecule has 3 nitrogen and oxygen atoms in total. The molecule has 3 rings (SSSR count). The van der Waals surface area contributed by atoms with Crippen LogP contribution in [-0.4, -0.2) is 23.1 Å². The van der Waals surface area contributed by atoms with E-state index in [-0.39, 0.29) is 0 Å². The molecule has 0 bridgehead atoms. The molecular weight excluding hydrogens is 326 g/mol. The van der Waals surface area contributed by atoms with Gasteiger partial charge in [-0.1, -0.05) is 35.0 Å². The minimum Gasteiger partial charge on any atom is -0.317 e. The molecule has 1 unspecified atom stereocenters. The van der Waals surface area contributed by atoms with Crippen molar-refractivity contribution in [1.82, 2.24) is 15.3 Å². The van der Waals surface area contributed by atoms with Crippen LogP contribution in [0.2, 0.25) is 0 Å². The largest absolute Gasteiger partial charge is 0.317 e. The van der Waals surface area contributed by atoms with Crippen LogP contribution in [0.15, 0.2) is 34.9 Å². The quantitative estimate of drug-likeness (QED) is 0.919. The van der Waals surface area contributed by atoms with Gasteiger partial charge in [-0.05, 0) is 56.0 Å². The molecule has 1 heterocycles. The van der Waals surface area contributed by atoms with Crippen LogP contribution in [0.5, 0.6) is 0 Å². The summed E-state index contributed by atoms with van der Waals surface area (Å²) in [6.07, 6.45) is 5.41. The molecule has 4 heteroatoms. The van der Waals surface area contributed by atoms with Crippen molar-refractivity contribution in [1.29, 1.82) is 0 Å². The molecule has 0 fully saturated rings. The zero-order valence-corrected chi connectivity index (χ0v) is 13.9. The first-order valence-electron chi connectivity index (χ1n) is 7.57. The lowest BCUT2D eigenvalue weighted by Gasteiger charge is -2.24. The summed E-state index contributed by atoms with van der Waals surface area (Å²) < 4.78 is 1.08. The summed E-state index contributed by atoms with van der Waals surface area (Å²) in [5.74, 6) is 1.56. The van der Waals surface area contributed by atoms with Crippen molar-refractivity contribution in [3.63, 3.8) is 0 Å². The highest BCUT2D eigenvalue weighted by atomic mass is 79.9. The van der Waals surface area contributed by atoms with Crippen molar-refractivity contribution in [2.45, 2.75) is 26.2 Å². The number of benzene rings is 1. The van der Waals surface area contributed by atoms with Gasteiger partial charge in [0.1, 0.15) is 0 Å². The average Bonchev–Trinajstić information content (AvgIpc) is 2.53. The Morgan fingerprint density at radius 1 is 1.29 bits per heavy atom. The molecule has 1 aliphatic rings. The van der Waals surface area contributed by atoms with E-state index in [9.17, 15) is 0 Å². The number of fused-ring (bicyclic) bond motifs is 1. The fourth-order valence-corrected chi connectivity index (χ4v) is 3.11. The summed E-state index contributed by atoms with van der Waals surface area (Å²) in [6.45, 7) is 4.30. The molecule has 1 aromatic carbocycles. The first kappa shape index (κ1) is 14.7. The van der Waals surface area contributed by atoms with E-state index in [1.54, 1.807) is 0 Å². The third-order valence-corrected chi connectivity index (χ3v) is 4.57. The maximum atomic E-state index is 4.78. The van der Waals surface area contributed by atoms with Crippen LogP contribution in [0.3, 0.4) is 0 Å². The summed E-state index contributed by atoms with van der Waals surface area (Å²) in [6, 6.07) is 8.18. The molecule has 1 aliphatic carbocycles. The fraction of sp³-hybridized carbons (Fsp3) is 0.412. The lowest BCUT2D eigenvalue weighted by molar-refractivity contribution is 0.425. The Balaban J connectivity index is 1.78. The molecule has 1 atom stereocenters. The van der Waals surface area contributed by atoms with Gasteiger partial charge in [-0.15, -0.1) is 0 Å². The number of aromatic nitrogens is 2. The topological polar surface area (TPSA) is 37.8 Å². The zero-order chi connectivity index (χ0) is 14.7. The van der Waals surface area contributed by atoms with E-state index < -0.39 is 0 Å². The smallest absolute Gasteiger partial charge is 0.159 e. The molecule has 0 aliphatic heterocycles. The van der Waals surface area contributed by atoms with E-state index in [4.69, 9.17) is 4.98 Å². The zero-order valence-electron chi connectivity index (χ0n) is 12.3. The number of halogens is 1. The first-order chi connectivity index (χ1) is 10.3. The Morgan fingerprint density at radius 2 is 2.10 bits per heavy atom. The SMILES string of the molecule is CCNCC1CCc2nc(-c3ccc(Br)cc3)ncc2C1. The van der Waals surface area contributed by atoms with Gasteiger partial charge in [0, 0.05) is 21.9 Å². The third-order valence-electron chi connectivity index (χ3n) is 4.04. The molecule has 0 radical (unpaired) electrons. The average molecular weight is 346 g/mol. The second-order valence-corrected chi connectivity index (χ2v) is 6.50. The summed E-state index contributed by atoms with van der Waals surface area (Å²) in [5.41, 5.74) is 3.64. The summed E-state index contributed by atoms with van der Waals surface area (Å²) in [5, 5.41) is 3.45. The minimum atomic E-state index is 0.722. The molecule has 1 N–H and O–H groups in total. The lowest BCUT2D eigenvalue weighted by Crippen LogP contribution is -2.27. The van der Waals surface area contributed by atoms with Crippen molar-refractivity contribution in [3.8, 4) is 11.4 Å². The van der Waals surface area contributed by atoms with Gasteiger partial charge in [-0.2, -0.15) is 0 Å². The third kappa shape index (κ3) is 3.50. The van der Waals surface area contributed by atoms with Crippen molar-refractivity contribution in [2.75, 3.05) is 13.1 Å².